The lowest BCUT2D eigenvalue weighted by molar-refractivity contribution is -0.0298. The Morgan fingerprint density at radius 2 is 1.76 bits per heavy atom. The molecule has 2 aliphatic rings. The molecule has 0 aromatic carbocycles. The van der Waals surface area contributed by atoms with Crippen molar-refractivity contribution in [2.75, 3.05) is 13.2 Å². The van der Waals surface area contributed by atoms with E-state index in [1.807, 2.05) is 10.6 Å². The molecule has 8 nitrogen and oxygen atoms in total. The number of pyridine rings is 2. The first kappa shape index (κ1) is 25.0. The molecule has 1 N–H and O–H groups in total. The van der Waals surface area contributed by atoms with Gasteiger partial charge in [0, 0.05) is 6.61 Å². The number of hydrogen-bond donors (Lipinski definition) is 1. The maximum absolute atomic E-state index is 6.07. The summed E-state index contributed by atoms with van der Waals surface area (Å²) in [5, 5.41) is 1.79. The molecule has 0 bridgehead atoms. The van der Waals surface area contributed by atoms with Crippen LogP contribution in [0.15, 0.2) is 37.1 Å². The minimum Gasteiger partial charge on any atom is -0.502 e. The average molecular weight is 544 g/mol. The Kier molecular flexibility index (Phi) is 8.86. The molecular weight excluding hydrogens is 522 g/mol. The molecule has 4 aromatic heterocycles. The van der Waals surface area contributed by atoms with Crippen LogP contribution in [0.25, 0.3) is 22.3 Å². The van der Waals surface area contributed by atoms with Gasteiger partial charge in [-0.2, -0.15) is 0 Å². The van der Waals surface area contributed by atoms with Gasteiger partial charge in [-0.1, -0.05) is 46.4 Å². The lowest BCUT2D eigenvalue weighted by atomic mass is 10.2. The van der Waals surface area contributed by atoms with Crippen LogP contribution in [0.4, 0.5) is 0 Å². The molecular formula is C22H22Cl4N6O2. The second-order valence-corrected chi connectivity index (χ2v) is 9.07. The van der Waals surface area contributed by atoms with Crippen LogP contribution in [0.3, 0.4) is 0 Å². The first-order valence-corrected chi connectivity index (χ1v) is 12.3. The Morgan fingerprint density at radius 1 is 0.941 bits per heavy atom. The van der Waals surface area contributed by atoms with Gasteiger partial charge in [-0.3, -0.25) is 4.57 Å². The van der Waals surface area contributed by atoms with Crippen LogP contribution in [0, 0.1) is 0 Å². The first-order valence-electron chi connectivity index (χ1n) is 10.7. The molecule has 2 aliphatic heterocycles. The molecule has 0 radical (unpaired) electrons. The standard InChI is InChI=1S/C11H11Cl2N3O.C6H3Cl2N3.C5H8O/c12-7-5-8(13)15-11-10(7)14-6-16(11)9-3-1-2-4-17-9;7-3-1-4(8)11-6-5(3)9-2-10-6;1-2-4-6-5-3-1/h5-6,9H,1-4H2;1-2H,(H,9,10,11);2,4H,1,3,5H2. The Balaban J connectivity index is 0.000000137. The van der Waals surface area contributed by atoms with E-state index in [2.05, 4.69) is 24.9 Å². The summed E-state index contributed by atoms with van der Waals surface area (Å²) in [5.74, 6) is 0. The predicted octanol–water partition coefficient (Wildman–Crippen LogP) is 7.01. The normalized spacial score (nSPS) is 17.5. The van der Waals surface area contributed by atoms with Crippen LogP contribution >= 0.6 is 46.4 Å². The maximum atomic E-state index is 6.07. The number of aromatic nitrogens is 6. The molecule has 34 heavy (non-hydrogen) atoms. The quantitative estimate of drug-likeness (QED) is 0.259. The van der Waals surface area contributed by atoms with Crippen LogP contribution in [-0.2, 0) is 9.47 Å². The maximum Gasteiger partial charge on any atom is 0.180 e. The number of rotatable bonds is 1. The number of aromatic amines is 1. The van der Waals surface area contributed by atoms with E-state index in [0.717, 1.165) is 38.0 Å². The van der Waals surface area contributed by atoms with E-state index in [-0.39, 0.29) is 6.23 Å². The van der Waals surface area contributed by atoms with Gasteiger partial charge in [0.2, 0.25) is 0 Å². The van der Waals surface area contributed by atoms with E-state index in [4.69, 9.17) is 55.9 Å². The summed E-state index contributed by atoms with van der Waals surface area (Å²) in [4.78, 5) is 19.2. The number of H-pyrrole nitrogens is 1. The van der Waals surface area contributed by atoms with Crippen molar-refractivity contribution in [1.29, 1.82) is 0 Å². The van der Waals surface area contributed by atoms with Crippen LogP contribution in [0.5, 0.6) is 0 Å². The summed E-state index contributed by atoms with van der Waals surface area (Å²) in [6.07, 6.45) is 12.7. The van der Waals surface area contributed by atoms with Crippen LogP contribution in [0.1, 0.15) is 38.3 Å². The zero-order valence-corrected chi connectivity index (χ0v) is 21.1. The Labute approximate surface area is 216 Å². The highest BCUT2D eigenvalue weighted by Crippen LogP contribution is 2.29. The van der Waals surface area contributed by atoms with Crippen LogP contribution in [0.2, 0.25) is 20.4 Å². The van der Waals surface area contributed by atoms with Crippen molar-refractivity contribution in [1.82, 2.24) is 29.5 Å². The second kappa shape index (κ2) is 12.0. The molecule has 180 valence electrons. The molecule has 12 heteroatoms. The molecule has 1 atom stereocenters. The summed E-state index contributed by atoms with van der Waals surface area (Å²) in [7, 11) is 0. The molecule has 0 amide bonds. The summed E-state index contributed by atoms with van der Waals surface area (Å²) in [5.41, 5.74) is 2.62. The number of hydrogen-bond acceptors (Lipinski definition) is 6. The lowest BCUT2D eigenvalue weighted by Crippen LogP contribution is -2.17. The summed E-state index contributed by atoms with van der Waals surface area (Å²) >= 11 is 23.4. The van der Waals surface area contributed by atoms with Gasteiger partial charge in [-0.05, 0) is 50.3 Å². The minimum atomic E-state index is -0.00390. The molecule has 6 heterocycles. The number of allylic oxidation sites excluding steroid dienone is 1. The fourth-order valence-corrected chi connectivity index (χ4v) is 4.41. The van der Waals surface area contributed by atoms with Gasteiger partial charge in [-0.15, -0.1) is 0 Å². The van der Waals surface area contributed by atoms with Gasteiger partial charge in [-0.25, -0.2) is 19.9 Å². The highest BCUT2D eigenvalue weighted by molar-refractivity contribution is 6.37. The topological polar surface area (TPSA) is 90.7 Å². The number of fused-ring (bicyclic) bond motifs is 2. The monoisotopic (exact) mass is 542 g/mol. The van der Waals surface area contributed by atoms with E-state index < -0.39 is 0 Å². The molecule has 6 rings (SSSR count). The molecule has 1 fully saturated rings. The zero-order valence-electron chi connectivity index (χ0n) is 18.1. The summed E-state index contributed by atoms with van der Waals surface area (Å²) < 4.78 is 12.5. The molecule has 1 saturated heterocycles. The van der Waals surface area contributed by atoms with E-state index >= 15 is 0 Å². The zero-order chi connectivity index (χ0) is 23.9. The Morgan fingerprint density at radius 3 is 2.44 bits per heavy atom. The molecule has 4 aromatic rings. The molecule has 1 unspecified atom stereocenters. The lowest BCUT2D eigenvalue weighted by Gasteiger charge is -2.23. The van der Waals surface area contributed by atoms with Crippen molar-refractivity contribution in [2.45, 2.75) is 38.3 Å². The van der Waals surface area contributed by atoms with Crippen molar-refractivity contribution in [2.24, 2.45) is 0 Å². The number of ether oxygens (including phenoxy) is 2. The average Bonchev–Trinajstić information content (AvgIpc) is 3.49. The highest BCUT2D eigenvalue weighted by Gasteiger charge is 2.19. The van der Waals surface area contributed by atoms with E-state index in [0.29, 0.717) is 37.2 Å². The van der Waals surface area contributed by atoms with Crippen molar-refractivity contribution < 1.29 is 9.47 Å². The largest absolute Gasteiger partial charge is 0.502 e. The number of nitrogens with one attached hydrogen (secondary N) is 1. The fourth-order valence-electron chi connectivity index (χ4n) is 3.44. The Hall–Kier alpha value is -2.10. The minimum absolute atomic E-state index is 0.00390. The van der Waals surface area contributed by atoms with E-state index in [1.54, 1.807) is 24.7 Å². The molecule has 0 spiro atoms. The van der Waals surface area contributed by atoms with Gasteiger partial charge in [0.1, 0.15) is 27.6 Å². The molecule has 0 aliphatic carbocycles. The van der Waals surface area contributed by atoms with Crippen molar-refractivity contribution in [3.8, 4) is 0 Å². The van der Waals surface area contributed by atoms with E-state index in [1.165, 1.54) is 19.2 Å². The van der Waals surface area contributed by atoms with Crippen molar-refractivity contribution >= 4 is 68.7 Å². The second-order valence-electron chi connectivity index (χ2n) is 7.48. The number of halogens is 4. The third kappa shape index (κ3) is 6.31. The number of imidazole rings is 2. The van der Waals surface area contributed by atoms with Gasteiger partial charge in [0.15, 0.2) is 11.3 Å². The third-order valence-corrected chi connectivity index (χ3v) is 6.03. The Bertz CT molecular complexity index is 1260. The summed E-state index contributed by atoms with van der Waals surface area (Å²) in [6.45, 7) is 1.69. The van der Waals surface area contributed by atoms with Gasteiger partial charge < -0.3 is 14.5 Å². The third-order valence-electron chi connectivity index (χ3n) is 5.06. The predicted molar refractivity (Wildman–Crippen MR) is 135 cm³/mol. The van der Waals surface area contributed by atoms with Crippen LogP contribution in [-0.4, -0.2) is 42.7 Å². The fraction of sp³-hybridized carbons (Fsp3) is 0.364. The molecule has 0 saturated carbocycles. The van der Waals surface area contributed by atoms with Crippen LogP contribution < -0.4 is 0 Å². The van der Waals surface area contributed by atoms with Gasteiger partial charge in [0.05, 0.1) is 35.6 Å². The SMILES string of the molecule is C1=COCCC1.Clc1cc(Cl)c2[nH]cnc2n1.Clc1cc(Cl)c2ncn(C3CCCCO3)c2n1. The van der Waals surface area contributed by atoms with Crippen molar-refractivity contribution in [3.63, 3.8) is 0 Å². The number of nitrogens with zero attached hydrogens (tertiary/aromatic N) is 5. The smallest absolute Gasteiger partial charge is 0.180 e. The van der Waals surface area contributed by atoms with Crippen molar-refractivity contribution in [3.05, 3.63) is 57.5 Å². The summed E-state index contributed by atoms with van der Waals surface area (Å²) in [6, 6.07) is 3.17. The van der Waals surface area contributed by atoms with Gasteiger partial charge in [0.25, 0.3) is 0 Å². The van der Waals surface area contributed by atoms with E-state index in [9.17, 15) is 0 Å². The highest BCUT2D eigenvalue weighted by atomic mass is 35.5. The first-order chi connectivity index (χ1) is 16.5. The van der Waals surface area contributed by atoms with Gasteiger partial charge >= 0.3 is 0 Å².